The third-order valence-electron chi connectivity index (χ3n) is 3.24. The summed E-state index contributed by atoms with van der Waals surface area (Å²) >= 11 is 0. The number of nitrogens with one attached hydrogen (secondary N) is 1. The molecule has 0 unspecified atom stereocenters. The number of carbonyl (C=O) groups is 3. The molecule has 106 valence electrons. The van der Waals surface area contributed by atoms with E-state index in [1.807, 2.05) is 0 Å². The van der Waals surface area contributed by atoms with Crippen LogP contribution in [0.2, 0.25) is 0 Å². The van der Waals surface area contributed by atoms with Crippen LogP contribution in [0, 0.1) is 5.41 Å². The summed E-state index contributed by atoms with van der Waals surface area (Å²) in [6.45, 7) is 2.89. The molecule has 6 heteroatoms. The maximum absolute atomic E-state index is 12.3. The summed E-state index contributed by atoms with van der Waals surface area (Å²) in [5, 5.41) is 11.8. The molecule has 1 aliphatic heterocycles. The molecule has 0 saturated heterocycles. The number of rotatable bonds is 3. The second-order valence-electron chi connectivity index (χ2n) is 5.41. The van der Waals surface area contributed by atoms with Crippen molar-refractivity contribution in [3.05, 3.63) is 24.3 Å². The SMILES string of the molecule is CC(C)(CC(=O)N1CC(=O)Nc2ccccc21)C(=O)O. The third-order valence-corrected chi connectivity index (χ3v) is 3.24. The summed E-state index contributed by atoms with van der Waals surface area (Å²) in [6, 6.07) is 6.95. The standard InChI is InChI=1S/C14H16N2O4/c1-14(2,13(19)20)7-12(18)16-8-11(17)15-9-5-3-4-6-10(9)16/h3-6H,7-8H2,1-2H3,(H,15,17)(H,19,20). The lowest BCUT2D eigenvalue weighted by molar-refractivity contribution is -0.149. The van der Waals surface area contributed by atoms with Crippen LogP contribution in [0.1, 0.15) is 20.3 Å². The zero-order chi connectivity index (χ0) is 14.9. The molecular weight excluding hydrogens is 260 g/mol. The molecule has 0 spiro atoms. The molecule has 0 aliphatic carbocycles. The number of aliphatic carboxylic acids is 1. The predicted molar refractivity (Wildman–Crippen MR) is 73.5 cm³/mol. The Morgan fingerprint density at radius 1 is 1.35 bits per heavy atom. The zero-order valence-electron chi connectivity index (χ0n) is 11.3. The minimum atomic E-state index is -1.17. The molecule has 0 aromatic heterocycles. The Morgan fingerprint density at radius 2 is 2.00 bits per heavy atom. The summed E-state index contributed by atoms with van der Waals surface area (Å²) in [5.74, 6) is -1.70. The molecule has 20 heavy (non-hydrogen) atoms. The molecule has 1 heterocycles. The van der Waals surface area contributed by atoms with E-state index in [-0.39, 0.29) is 24.8 Å². The van der Waals surface area contributed by atoms with Crippen molar-refractivity contribution in [3.8, 4) is 0 Å². The van der Waals surface area contributed by atoms with Crippen LogP contribution in [0.3, 0.4) is 0 Å². The number of carbonyl (C=O) groups excluding carboxylic acids is 2. The number of hydrogen-bond donors (Lipinski definition) is 2. The Hall–Kier alpha value is -2.37. The number of nitrogens with zero attached hydrogens (tertiary/aromatic N) is 1. The van der Waals surface area contributed by atoms with E-state index in [4.69, 9.17) is 5.11 Å². The van der Waals surface area contributed by atoms with Gasteiger partial charge in [0.25, 0.3) is 0 Å². The fourth-order valence-electron chi connectivity index (χ4n) is 2.00. The number of anilines is 2. The van der Waals surface area contributed by atoms with Crippen LogP contribution in [0.5, 0.6) is 0 Å². The third kappa shape index (κ3) is 2.64. The van der Waals surface area contributed by atoms with E-state index in [9.17, 15) is 14.4 Å². The molecule has 0 bridgehead atoms. The smallest absolute Gasteiger partial charge is 0.309 e. The molecule has 2 amide bonds. The van der Waals surface area contributed by atoms with Gasteiger partial charge < -0.3 is 15.3 Å². The summed E-state index contributed by atoms with van der Waals surface area (Å²) in [7, 11) is 0. The van der Waals surface area contributed by atoms with E-state index < -0.39 is 11.4 Å². The van der Waals surface area contributed by atoms with Gasteiger partial charge >= 0.3 is 5.97 Å². The number of benzene rings is 1. The quantitative estimate of drug-likeness (QED) is 0.875. The van der Waals surface area contributed by atoms with Gasteiger partial charge in [0.15, 0.2) is 0 Å². The van der Waals surface area contributed by atoms with Crippen LogP contribution >= 0.6 is 0 Å². The van der Waals surface area contributed by atoms with Crippen LogP contribution in [0.4, 0.5) is 11.4 Å². The van der Waals surface area contributed by atoms with Crippen molar-refractivity contribution in [2.75, 3.05) is 16.8 Å². The largest absolute Gasteiger partial charge is 0.481 e. The number of amides is 2. The van der Waals surface area contributed by atoms with Gasteiger partial charge in [0.1, 0.15) is 6.54 Å². The normalized spacial score (nSPS) is 14.5. The molecule has 2 N–H and O–H groups in total. The fourth-order valence-corrected chi connectivity index (χ4v) is 2.00. The molecule has 2 rings (SSSR count). The molecule has 0 saturated carbocycles. The Labute approximate surface area is 116 Å². The van der Waals surface area contributed by atoms with E-state index in [0.717, 1.165) is 0 Å². The summed E-state index contributed by atoms with van der Waals surface area (Å²) in [4.78, 5) is 36.4. The van der Waals surface area contributed by atoms with Gasteiger partial charge in [0.05, 0.1) is 16.8 Å². The summed E-state index contributed by atoms with van der Waals surface area (Å²) < 4.78 is 0. The highest BCUT2D eigenvalue weighted by Gasteiger charge is 2.34. The van der Waals surface area contributed by atoms with Gasteiger partial charge in [-0.15, -0.1) is 0 Å². The van der Waals surface area contributed by atoms with Crippen molar-refractivity contribution < 1.29 is 19.5 Å². The van der Waals surface area contributed by atoms with E-state index in [1.165, 1.54) is 18.7 Å². The summed E-state index contributed by atoms with van der Waals surface area (Å²) in [5.41, 5.74) is -0.0107. The van der Waals surface area contributed by atoms with Gasteiger partial charge in [-0.3, -0.25) is 14.4 Å². The Balaban J connectivity index is 2.27. The Kier molecular flexibility index (Phi) is 3.48. The van der Waals surface area contributed by atoms with Gasteiger partial charge in [-0.25, -0.2) is 0 Å². The number of para-hydroxylation sites is 2. The van der Waals surface area contributed by atoms with Crippen molar-refractivity contribution in [2.45, 2.75) is 20.3 Å². The second-order valence-corrected chi connectivity index (χ2v) is 5.41. The first-order chi connectivity index (χ1) is 9.31. The molecule has 0 radical (unpaired) electrons. The van der Waals surface area contributed by atoms with Gasteiger partial charge in [0, 0.05) is 6.42 Å². The first kappa shape index (κ1) is 14.0. The van der Waals surface area contributed by atoms with Crippen LogP contribution in [-0.4, -0.2) is 29.4 Å². The minimum absolute atomic E-state index is 0.0917. The van der Waals surface area contributed by atoms with Gasteiger partial charge in [-0.05, 0) is 26.0 Å². The lowest BCUT2D eigenvalue weighted by Gasteiger charge is -2.31. The lowest BCUT2D eigenvalue weighted by atomic mass is 9.89. The first-order valence-corrected chi connectivity index (χ1v) is 6.24. The highest BCUT2D eigenvalue weighted by molar-refractivity contribution is 6.10. The molecular formula is C14H16N2O4. The number of carboxylic acid groups (broad SMARTS) is 1. The average molecular weight is 276 g/mol. The van der Waals surface area contributed by atoms with Crippen molar-refractivity contribution in [2.24, 2.45) is 5.41 Å². The lowest BCUT2D eigenvalue weighted by Crippen LogP contribution is -2.44. The Bertz CT molecular complexity index is 580. The van der Waals surface area contributed by atoms with Crippen molar-refractivity contribution in [3.63, 3.8) is 0 Å². The average Bonchev–Trinajstić information content (AvgIpc) is 2.36. The number of carboxylic acids is 1. The van der Waals surface area contributed by atoms with Crippen LogP contribution in [0.15, 0.2) is 24.3 Å². The van der Waals surface area contributed by atoms with Crippen LogP contribution < -0.4 is 10.2 Å². The Morgan fingerprint density at radius 3 is 2.65 bits per heavy atom. The second kappa shape index (κ2) is 4.96. The number of fused-ring (bicyclic) bond motifs is 1. The van der Waals surface area contributed by atoms with Crippen molar-refractivity contribution in [1.82, 2.24) is 0 Å². The van der Waals surface area contributed by atoms with Crippen LogP contribution in [0.25, 0.3) is 0 Å². The minimum Gasteiger partial charge on any atom is -0.481 e. The molecule has 1 aromatic carbocycles. The van der Waals surface area contributed by atoms with Crippen LogP contribution in [-0.2, 0) is 14.4 Å². The molecule has 1 aliphatic rings. The first-order valence-electron chi connectivity index (χ1n) is 6.24. The molecule has 1 aromatic rings. The highest BCUT2D eigenvalue weighted by atomic mass is 16.4. The number of hydrogen-bond acceptors (Lipinski definition) is 3. The van der Waals surface area contributed by atoms with Crippen molar-refractivity contribution >= 4 is 29.2 Å². The maximum Gasteiger partial charge on any atom is 0.309 e. The van der Waals surface area contributed by atoms with E-state index in [1.54, 1.807) is 24.3 Å². The van der Waals surface area contributed by atoms with E-state index >= 15 is 0 Å². The highest BCUT2D eigenvalue weighted by Crippen LogP contribution is 2.31. The predicted octanol–water partition coefficient (Wildman–Crippen LogP) is 1.47. The van der Waals surface area contributed by atoms with Gasteiger partial charge in [-0.2, -0.15) is 0 Å². The van der Waals surface area contributed by atoms with Gasteiger partial charge in [0.2, 0.25) is 11.8 Å². The van der Waals surface area contributed by atoms with E-state index in [2.05, 4.69) is 5.32 Å². The molecule has 6 nitrogen and oxygen atoms in total. The fraction of sp³-hybridized carbons (Fsp3) is 0.357. The van der Waals surface area contributed by atoms with E-state index in [0.29, 0.717) is 11.4 Å². The van der Waals surface area contributed by atoms with Crippen molar-refractivity contribution in [1.29, 1.82) is 0 Å². The maximum atomic E-state index is 12.3. The topological polar surface area (TPSA) is 86.7 Å². The van der Waals surface area contributed by atoms with Gasteiger partial charge in [-0.1, -0.05) is 12.1 Å². The molecule has 0 fully saturated rings. The monoisotopic (exact) mass is 276 g/mol. The molecule has 0 atom stereocenters. The summed E-state index contributed by atoms with van der Waals surface area (Å²) in [6.07, 6.45) is -0.163. The zero-order valence-corrected chi connectivity index (χ0v) is 11.3.